The molecule has 0 spiro atoms. The van der Waals surface area contributed by atoms with Gasteiger partial charge in [-0.05, 0) is 21.0 Å². The van der Waals surface area contributed by atoms with Gasteiger partial charge >= 0.3 is 0 Å². The fraction of sp³-hybridized carbons (Fsp3) is 0.857. The summed E-state index contributed by atoms with van der Waals surface area (Å²) < 4.78 is 25.2. The molecule has 0 saturated carbocycles. The zero-order chi connectivity index (χ0) is 11.4. The zero-order valence-corrected chi connectivity index (χ0v) is 10.3. The molecule has 0 aliphatic rings. The highest BCUT2D eigenvalue weighted by atomic mass is 32.2. The van der Waals surface area contributed by atoms with Crippen LogP contribution in [-0.4, -0.2) is 50.7 Å². The SMILES string of the molecule is CC(CN(C)C)NS(=O)(=O)CC(N)=S. The van der Waals surface area contributed by atoms with Gasteiger partial charge in [-0.3, -0.25) is 0 Å². The van der Waals surface area contributed by atoms with Gasteiger partial charge in [-0.25, -0.2) is 13.1 Å². The van der Waals surface area contributed by atoms with Gasteiger partial charge in [-0.15, -0.1) is 0 Å². The summed E-state index contributed by atoms with van der Waals surface area (Å²) in [5, 5.41) is 0. The van der Waals surface area contributed by atoms with Crippen LogP contribution in [-0.2, 0) is 10.0 Å². The van der Waals surface area contributed by atoms with Gasteiger partial charge in [-0.2, -0.15) is 0 Å². The number of hydrogen-bond donors (Lipinski definition) is 2. The molecular weight excluding hydrogens is 222 g/mol. The van der Waals surface area contributed by atoms with Crippen molar-refractivity contribution in [3.05, 3.63) is 0 Å². The van der Waals surface area contributed by atoms with Crippen molar-refractivity contribution in [2.24, 2.45) is 5.73 Å². The van der Waals surface area contributed by atoms with E-state index in [1.54, 1.807) is 6.92 Å². The van der Waals surface area contributed by atoms with E-state index in [1.807, 2.05) is 19.0 Å². The smallest absolute Gasteiger partial charge is 0.218 e. The van der Waals surface area contributed by atoms with Gasteiger partial charge < -0.3 is 10.6 Å². The Kier molecular flexibility index (Phi) is 5.50. The van der Waals surface area contributed by atoms with Crippen molar-refractivity contribution < 1.29 is 8.42 Å². The Bertz CT molecular complexity index is 287. The standard InChI is InChI=1S/C7H17N3O2S2/c1-6(4-10(2)3)9-14(11,12)5-7(8)13/h6,9H,4-5H2,1-3H3,(H2,8,13). The molecule has 3 N–H and O–H groups in total. The number of rotatable bonds is 6. The summed E-state index contributed by atoms with van der Waals surface area (Å²) in [5.74, 6) is -0.292. The Hall–Kier alpha value is -0.240. The lowest BCUT2D eigenvalue weighted by Crippen LogP contribution is -2.42. The molecule has 0 aromatic rings. The molecule has 0 heterocycles. The average molecular weight is 239 g/mol. The third-order valence-corrected chi connectivity index (χ3v) is 3.13. The molecule has 0 saturated heterocycles. The predicted molar refractivity (Wildman–Crippen MR) is 61.7 cm³/mol. The molecule has 0 aliphatic heterocycles. The maximum atomic E-state index is 11.3. The van der Waals surface area contributed by atoms with Crippen molar-refractivity contribution in [3.63, 3.8) is 0 Å². The topological polar surface area (TPSA) is 75.4 Å². The molecule has 0 aromatic carbocycles. The Balaban J connectivity index is 4.16. The number of nitrogens with zero attached hydrogens (tertiary/aromatic N) is 1. The lowest BCUT2D eigenvalue weighted by atomic mass is 10.3. The van der Waals surface area contributed by atoms with Crippen LogP contribution in [0.3, 0.4) is 0 Å². The van der Waals surface area contributed by atoms with Gasteiger partial charge in [0.1, 0.15) is 5.75 Å². The first-order valence-electron chi connectivity index (χ1n) is 4.16. The Labute approximate surface area is 90.7 Å². The second-order valence-electron chi connectivity index (χ2n) is 3.51. The normalized spacial score (nSPS) is 14.3. The molecular formula is C7H17N3O2S2. The largest absolute Gasteiger partial charge is 0.392 e. The van der Waals surface area contributed by atoms with Gasteiger partial charge in [-0.1, -0.05) is 12.2 Å². The van der Waals surface area contributed by atoms with Crippen molar-refractivity contribution in [3.8, 4) is 0 Å². The van der Waals surface area contributed by atoms with Crippen molar-refractivity contribution in [2.45, 2.75) is 13.0 Å². The predicted octanol–water partition coefficient (Wildman–Crippen LogP) is -0.858. The molecule has 0 rings (SSSR count). The van der Waals surface area contributed by atoms with Crippen LogP contribution in [0.2, 0.25) is 0 Å². The molecule has 14 heavy (non-hydrogen) atoms. The summed E-state index contributed by atoms with van der Waals surface area (Å²) >= 11 is 4.53. The van der Waals surface area contributed by atoms with E-state index in [4.69, 9.17) is 5.73 Å². The quantitative estimate of drug-likeness (QED) is 0.590. The maximum Gasteiger partial charge on any atom is 0.218 e. The highest BCUT2D eigenvalue weighted by Gasteiger charge is 2.15. The first-order valence-corrected chi connectivity index (χ1v) is 6.22. The number of nitrogens with two attached hydrogens (primary N) is 1. The van der Waals surface area contributed by atoms with E-state index in [2.05, 4.69) is 16.9 Å². The van der Waals surface area contributed by atoms with Crippen molar-refractivity contribution >= 4 is 27.2 Å². The lowest BCUT2D eigenvalue weighted by Gasteiger charge is -2.17. The molecule has 0 radical (unpaired) electrons. The summed E-state index contributed by atoms with van der Waals surface area (Å²) in [6.07, 6.45) is 0. The zero-order valence-electron chi connectivity index (χ0n) is 8.65. The van der Waals surface area contributed by atoms with Crippen LogP contribution < -0.4 is 10.5 Å². The van der Waals surface area contributed by atoms with Crippen molar-refractivity contribution in [2.75, 3.05) is 26.4 Å². The summed E-state index contributed by atoms with van der Waals surface area (Å²) in [6.45, 7) is 2.42. The van der Waals surface area contributed by atoms with E-state index in [1.165, 1.54) is 0 Å². The second-order valence-corrected chi connectivity index (χ2v) is 5.78. The van der Waals surface area contributed by atoms with Gasteiger partial charge in [0.15, 0.2) is 0 Å². The van der Waals surface area contributed by atoms with E-state index < -0.39 is 10.0 Å². The van der Waals surface area contributed by atoms with Crippen LogP contribution in [0.25, 0.3) is 0 Å². The van der Waals surface area contributed by atoms with Gasteiger partial charge in [0.2, 0.25) is 10.0 Å². The lowest BCUT2D eigenvalue weighted by molar-refractivity contribution is 0.370. The minimum absolute atomic E-state index is 0.0189. The summed E-state index contributed by atoms with van der Waals surface area (Å²) in [7, 11) is 0.378. The van der Waals surface area contributed by atoms with Crippen LogP contribution in [0.15, 0.2) is 0 Å². The molecule has 0 aliphatic carbocycles. The minimum atomic E-state index is -3.37. The Morgan fingerprint density at radius 1 is 1.57 bits per heavy atom. The average Bonchev–Trinajstić information content (AvgIpc) is 1.77. The van der Waals surface area contributed by atoms with E-state index in [0.29, 0.717) is 6.54 Å². The van der Waals surface area contributed by atoms with Crippen LogP contribution in [0.5, 0.6) is 0 Å². The Morgan fingerprint density at radius 2 is 2.07 bits per heavy atom. The van der Waals surface area contributed by atoms with Crippen LogP contribution in [0.1, 0.15) is 6.92 Å². The Morgan fingerprint density at radius 3 is 2.43 bits per heavy atom. The van der Waals surface area contributed by atoms with Crippen LogP contribution in [0, 0.1) is 0 Å². The summed E-state index contributed by atoms with van der Waals surface area (Å²) in [4.78, 5) is 1.88. The summed E-state index contributed by atoms with van der Waals surface area (Å²) in [5.41, 5.74) is 5.16. The monoisotopic (exact) mass is 239 g/mol. The molecule has 0 bridgehead atoms. The third kappa shape index (κ3) is 7.19. The molecule has 0 amide bonds. The molecule has 0 aromatic heterocycles. The molecule has 1 unspecified atom stereocenters. The number of nitrogens with one attached hydrogen (secondary N) is 1. The van der Waals surface area contributed by atoms with E-state index >= 15 is 0 Å². The highest BCUT2D eigenvalue weighted by molar-refractivity contribution is 7.92. The molecule has 1 atom stereocenters. The highest BCUT2D eigenvalue weighted by Crippen LogP contribution is 1.91. The van der Waals surface area contributed by atoms with Crippen molar-refractivity contribution in [1.29, 1.82) is 0 Å². The fourth-order valence-corrected chi connectivity index (χ4v) is 2.73. The molecule has 84 valence electrons. The maximum absolute atomic E-state index is 11.3. The van der Waals surface area contributed by atoms with E-state index in [0.717, 1.165) is 0 Å². The second kappa shape index (κ2) is 5.59. The number of hydrogen-bond acceptors (Lipinski definition) is 4. The van der Waals surface area contributed by atoms with Crippen LogP contribution in [0.4, 0.5) is 0 Å². The van der Waals surface area contributed by atoms with E-state index in [-0.39, 0.29) is 16.8 Å². The summed E-state index contributed by atoms with van der Waals surface area (Å²) in [6, 6.07) is -0.149. The fourth-order valence-electron chi connectivity index (χ4n) is 1.12. The first kappa shape index (κ1) is 13.8. The van der Waals surface area contributed by atoms with E-state index in [9.17, 15) is 8.42 Å². The molecule has 0 fully saturated rings. The van der Waals surface area contributed by atoms with Crippen LogP contribution >= 0.6 is 12.2 Å². The third-order valence-electron chi connectivity index (χ3n) is 1.35. The molecule has 7 heteroatoms. The number of thiocarbonyl (C=S) groups is 1. The number of sulfonamides is 1. The minimum Gasteiger partial charge on any atom is -0.392 e. The van der Waals surface area contributed by atoms with Gasteiger partial charge in [0.25, 0.3) is 0 Å². The molecule has 5 nitrogen and oxygen atoms in total. The van der Waals surface area contributed by atoms with Gasteiger partial charge in [0.05, 0.1) is 4.99 Å². The first-order chi connectivity index (χ1) is 6.23. The number of likely N-dealkylation sites (N-methyl/N-ethyl adjacent to an activating group) is 1. The van der Waals surface area contributed by atoms with Gasteiger partial charge in [0, 0.05) is 12.6 Å². The van der Waals surface area contributed by atoms with Crippen molar-refractivity contribution in [1.82, 2.24) is 9.62 Å².